The number of piperidine rings is 1. The van der Waals surface area contributed by atoms with Gasteiger partial charge < -0.3 is 0 Å². The predicted octanol–water partition coefficient (Wildman–Crippen LogP) is -0.223. The third kappa shape index (κ3) is 4.00. The van der Waals surface area contributed by atoms with Crippen LogP contribution in [0.1, 0.15) is 19.8 Å². The van der Waals surface area contributed by atoms with Gasteiger partial charge in [-0.25, -0.2) is 12.7 Å². The number of hydrogen-bond acceptors (Lipinski definition) is 5. The lowest BCUT2D eigenvalue weighted by Crippen LogP contribution is -2.40. The van der Waals surface area contributed by atoms with Gasteiger partial charge in [0, 0.05) is 13.1 Å². The molecule has 0 radical (unpaired) electrons. The molecular formula is C8H17NO5S2. The van der Waals surface area contributed by atoms with Gasteiger partial charge in [0.05, 0.1) is 18.1 Å². The van der Waals surface area contributed by atoms with Crippen LogP contribution in [0.2, 0.25) is 0 Å². The average molecular weight is 271 g/mol. The van der Waals surface area contributed by atoms with Gasteiger partial charge in [0.15, 0.2) is 0 Å². The topological polar surface area (TPSA) is 80.8 Å². The fourth-order valence-electron chi connectivity index (χ4n) is 1.54. The molecule has 0 aromatic rings. The molecule has 0 N–H and O–H groups in total. The highest BCUT2D eigenvalue weighted by atomic mass is 32.2. The molecule has 0 amide bonds. The number of sulfonamides is 1. The van der Waals surface area contributed by atoms with Crippen LogP contribution in [0.5, 0.6) is 0 Å². The molecule has 16 heavy (non-hydrogen) atoms. The molecule has 0 aromatic carbocycles. The Morgan fingerprint density at radius 2 is 1.69 bits per heavy atom. The maximum atomic E-state index is 11.2. The van der Waals surface area contributed by atoms with Crippen molar-refractivity contribution in [3.63, 3.8) is 0 Å². The van der Waals surface area contributed by atoms with Gasteiger partial charge in [0.2, 0.25) is 10.0 Å². The third-order valence-electron chi connectivity index (χ3n) is 2.51. The normalized spacial score (nSPS) is 21.1. The predicted molar refractivity (Wildman–Crippen MR) is 60.0 cm³/mol. The Morgan fingerprint density at radius 3 is 2.06 bits per heavy atom. The van der Waals surface area contributed by atoms with Crippen molar-refractivity contribution in [3.05, 3.63) is 0 Å². The highest BCUT2D eigenvalue weighted by Crippen LogP contribution is 2.17. The zero-order valence-electron chi connectivity index (χ0n) is 9.42. The molecule has 1 fully saturated rings. The lowest BCUT2D eigenvalue weighted by atomic mass is 10.1. The second-order valence-electron chi connectivity index (χ2n) is 3.80. The molecule has 0 unspecified atom stereocenters. The highest BCUT2D eigenvalue weighted by molar-refractivity contribution is 7.88. The van der Waals surface area contributed by atoms with E-state index in [2.05, 4.69) is 0 Å². The zero-order valence-corrected chi connectivity index (χ0v) is 11.1. The third-order valence-corrected chi connectivity index (χ3v) is 5.08. The van der Waals surface area contributed by atoms with Gasteiger partial charge in [0.1, 0.15) is 0 Å². The van der Waals surface area contributed by atoms with Gasteiger partial charge in [-0.05, 0) is 19.8 Å². The maximum absolute atomic E-state index is 11.2. The Bertz CT molecular complexity index is 419. The summed E-state index contributed by atoms with van der Waals surface area (Å²) in [5.41, 5.74) is 0. The van der Waals surface area contributed by atoms with Gasteiger partial charge in [-0.2, -0.15) is 8.42 Å². The smallest absolute Gasteiger partial charge is 0.267 e. The Balaban J connectivity index is 2.51. The highest BCUT2D eigenvalue weighted by Gasteiger charge is 2.27. The van der Waals surface area contributed by atoms with E-state index < -0.39 is 20.1 Å². The lowest BCUT2D eigenvalue weighted by molar-refractivity contribution is 0.142. The first kappa shape index (κ1) is 13.9. The van der Waals surface area contributed by atoms with Crippen LogP contribution in [0.25, 0.3) is 0 Å². The maximum Gasteiger partial charge on any atom is 0.267 e. The Kier molecular flexibility index (Phi) is 4.33. The summed E-state index contributed by atoms with van der Waals surface area (Å²) in [4.78, 5) is 0. The molecule has 0 saturated carbocycles. The van der Waals surface area contributed by atoms with Crippen molar-refractivity contribution in [2.75, 3.05) is 25.1 Å². The summed E-state index contributed by atoms with van der Waals surface area (Å²) in [6.07, 6.45) is 1.61. The molecule has 0 spiro atoms. The van der Waals surface area contributed by atoms with Crippen molar-refractivity contribution in [3.8, 4) is 0 Å². The van der Waals surface area contributed by atoms with Gasteiger partial charge in [-0.15, -0.1) is 0 Å². The first-order chi connectivity index (χ1) is 7.24. The van der Waals surface area contributed by atoms with Crippen molar-refractivity contribution in [2.24, 2.45) is 0 Å². The summed E-state index contributed by atoms with van der Waals surface area (Å²) in [7, 11) is -6.61. The Morgan fingerprint density at radius 1 is 1.19 bits per heavy atom. The molecule has 0 aliphatic carbocycles. The summed E-state index contributed by atoms with van der Waals surface area (Å²) < 4.78 is 51.1. The molecule has 0 bridgehead atoms. The van der Waals surface area contributed by atoms with Crippen LogP contribution >= 0.6 is 0 Å². The van der Waals surface area contributed by atoms with Crippen molar-refractivity contribution in [1.29, 1.82) is 0 Å². The molecule has 8 heteroatoms. The van der Waals surface area contributed by atoms with Gasteiger partial charge in [0.25, 0.3) is 10.1 Å². The van der Waals surface area contributed by atoms with E-state index in [9.17, 15) is 16.8 Å². The Labute approximate surface area is 96.8 Å². The summed E-state index contributed by atoms with van der Waals surface area (Å²) in [6, 6.07) is 0. The van der Waals surface area contributed by atoms with E-state index in [0.29, 0.717) is 25.9 Å². The quantitative estimate of drug-likeness (QED) is 0.660. The Hall–Kier alpha value is -0.180. The second kappa shape index (κ2) is 4.99. The van der Waals surface area contributed by atoms with E-state index >= 15 is 0 Å². The molecule has 1 aliphatic rings. The van der Waals surface area contributed by atoms with E-state index in [1.165, 1.54) is 11.2 Å². The standard InChI is InChI=1S/C8H17NO5S2/c1-3-16(12,13)14-8-4-6-9(7-5-8)15(2,10)11/h8H,3-7H2,1-2H3. The molecule has 0 aromatic heterocycles. The molecule has 1 aliphatic heterocycles. The molecule has 6 nitrogen and oxygen atoms in total. The first-order valence-electron chi connectivity index (χ1n) is 5.10. The van der Waals surface area contributed by atoms with Crippen molar-refractivity contribution in [1.82, 2.24) is 4.31 Å². The van der Waals surface area contributed by atoms with Gasteiger partial charge >= 0.3 is 0 Å². The minimum absolute atomic E-state index is 0.0563. The largest absolute Gasteiger partial charge is 0.267 e. The first-order valence-corrected chi connectivity index (χ1v) is 8.53. The van der Waals surface area contributed by atoms with Gasteiger partial charge in [-0.3, -0.25) is 4.18 Å². The fourth-order valence-corrected chi connectivity index (χ4v) is 3.15. The summed E-state index contributed by atoms with van der Waals surface area (Å²) in [6.45, 7) is 2.16. The van der Waals surface area contributed by atoms with Crippen LogP contribution in [0.15, 0.2) is 0 Å². The molecule has 96 valence electrons. The van der Waals surface area contributed by atoms with E-state index in [4.69, 9.17) is 4.18 Å². The van der Waals surface area contributed by atoms with Crippen LogP contribution in [0.4, 0.5) is 0 Å². The minimum Gasteiger partial charge on any atom is -0.267 e. The molecule has 0 atom stereocenters. The average Bonchev–Trinajstić information content (AvgIpc) is 2.16. The number of nitrogens with zero attached hydrogens (tertiary/aromatic N) is 1. The summed E-state index contributed by atoms with van der Waals surface area (Å²) in [5.74, 6) is -0.0563. The molecular weight excluding hydrogens is 254 g/mol. The monoisotopic (exact) mass is 271 g/mol. The fraction of sp³-hybridized carbons (Fsp3) is 1.00. The van der Waals surface area contributed by atoms with Crippen molar-refractivity contribution >= 4 is 20.1 Å². The van der Waals surface area contributed by atoms with Crippen LogP contribution in [-0.4, -0.2) is 52.3 Å². The van der Waals surface area contributed by atoms with E-state index in [1.54, 1.807) is 0 Å². The van der Waals surface area contributed by atoms with Crippen LogP contribution in [0.3, 0.4) is 0 Å². The SMILES string of the molecule is CCS(=O)(=O)OC1CCN(S(C)(=O)=O)CC1. The minimum atomic E-state index is -3.44. The van der Waals surface area contributed by atoms with Crippen molar-refractivity contribution < 1.29 is 21.0 Å². The number of hydrogen-bond donors (Lipinski definition) is 0. The number of rotatable bonds is 4. The van der Waals surface area contributed by atoms with E-state index in [0.717, 1.165) is 6.26 Å². The zero-order chi connectivity index (χ0) is 12.4. The summed E-state index contributed by atoms with van der Waals surface area (Å²) >= 11 is 0. The molecule has 1 heterocycles. The van der Waals surface area contributed by atoms with E-state index in [-0.39, 0.29) is 11.9 Å². The van der Waals surface area contributed by atoms with Crippen LogP contribution < -0.4 is 0 Å². The van der Waals surface area contributed by atoms with Crippen LogP contribution in [-0.2, 0) is 24.3 Å². The van der Waals surface area contributed by atoms with Gasteiger partial charge in [-0.1, -0.05) is 0 Å². The lowest BCUT2D eigenvalue weighted by Gasteiger charge is -2.29. The molecule has 1 rings (SSSR count). The van der Waals surface area contributed by atoms with Crippen molar-refractivity contribution in [2.45, 2.75) is 25.9 Å². The summed E-state index contributed by atoms with van der Waals surface area (Å²) in [5, 5.41) is 0. The van der Waals surface area contributed by atoms with E-state index in [1.807, 2.05) is 0 Å². The van der Waals surface area contributed by atoms with Crippen LogP contribution in [0, 0.1) is 0 Å². The second-order valence-corrected chi connectivity index (χ2v) is 7.67. The molecule has 1 saturated heterocycles.